The number of allylic oxidation sites excluding steroid dienone is 1. The Bertz CT molecular complexity index is 1060. The predicted octanol–water partition coefficient (Wildman–Crippen LogP) is 5.08. The largest absolute Gasteiger partial charge is 0.478 e. The van der Waals surface area contributed by atoms with Gasteiger partial charge >= 0.3 is 5.97 Å². The number of hydrogen-bond acceptors (Lipinski definition) is 5. The van der Waals surface area contributed by atoms with Gasteiger partial charge in [-0.2, -0.15) is 5.26 Å². The number of carboxylic acid groups (broad SMARTS) is 1. The zero-order valence-corrected chi connectivity index (χ0v) is 15.4. The average Bonchev–Trinajstić information content (AvgIpc) is 3.30. The molecule has 0 atom stereocenters. The van der Waals surface area contributed by atoms with Crippen molar-refractivity contribution in [1.29, 1.82) is 5.26 Å². The zero-order valence-electron chi connectivity index (χ0n) is 13.8. The van der Waals surface area contributed by atoms with E-state index >= 15 is 0 Å². The van der Waals surface area contributed by atoms with E-state index in [2.05, 4.69) is 0 Å². The van der Waals surface area contributed by atoms with Gasteiger partial charge in [0.25, 0.3) is 0 Å². The molecule has 0 saturated heterocycles. The minimum Gasteiger partial charge on any atom is -0.478 e. The fourth-order valence-electron chi connectivity index (χ4n) is 2.53. The summed E-state index contributed by atoms with van der Waals surface area (Å²) in [5, 5.41) is 21.1. The van der Waals surface area contributed by atoms with Crippen LogP contribution in [0.3, 0.4) is 0 Å². The first-order valence-electron chi connectivity index (χ1n) is 7.77. The van der Waals surface area contributed by atoms with Gasteiger partial charge in [0.2, 0.25) is 0 Å². The molecular formula is C20H12ClNO4S. The molecule has 0 aliphatic rings. The monoisotopic (exact) mass is 397 g/mol. The highest BCUT2D eigenvalue weighted by molar-refractivity contribution is 7.14. The Balaban J connectivity index is 1.93. The number of carbonyl (C=O) groups is 2. The summed E-state index contributed by atoms with van der Waals surface area (Å²) < 4.78 is 5.12. The van der Waals surface area contributed by atoms with Gasteiger partial charge in [-0.15, -0.1) is 11.3 Å². The fraction of sp³-hybridized carbons (Fsp3) is 0.0500. The second-order valence-corrected chi connectivity index (χ2v) is 6.88. The zero-order chi connectivity index (χ0) is 19.4. The number of thiophene rings is 1. The summed E-state index contributed by atoms with van der Waals surface area (Å²) >= 11 is 7.12. The molecule has 0 spiro atoms. The van der Waals surface area contributed by atoms with Gasteiger partial charge in [0.1, 0.15) is 11.8 Å². The third kappa shape index (κ3) is 4.17. The molecule has 0 saturated carbocycles. The molecule has 0 fully saturated rings. The molecule has 134 valence electrons. The van der Waals surface area contributed by atoms with Crippen molar-refractivity contribution in [2.24, 2.45) is 0 Å². The van der Waals surface area contributed by atoms with E-state index in [1.807, 2.05) is 6.07 Å². The number of furan rings is 1. The van der Waals surface area contributed by atoms with Gasteiger partial charge in [0.05, 0.1) is 17.4 Å². The van der Waals surface area contributed by atoms with Crippen molar-refractivity contribution < 1.29 is 19.1 Å². The molecule has 1 aromatic carbocycles. The maximum Gasteiger partial charge on any atom is 0.337 e. The van der Waals surface area contributed by atoms with Crippen LogP contribution in [0, 0.1) is 11.3 Å². The van der Waals surface area contributed by atoms with Gasteiger partial charge in [0, 0.05) is 22.4 Å². The van der Waals surface area contributed by atoms with Crippen molar-refractivity contribution in [1.82, 2.24) is 0 Å². The topological polar surface area (TPSA) is 91.3 Å². The van der Waals surface area contributed by atoms with Crippen molar-refractivity contribution in [2.45, 2.75) is 6.42 Å². The summed E-state index contributed by atoms with van der Waals surface area (Å²) in [4.78, 5) is 24.8. The van der Waals surface area contributed by atoms with Gasteiger partial charge in [0.15, 0.2) is 5.78 Å². The molecule has 0 aliphatic carbocycles. The lowest BCUT2D eigenvalue weighted by atomic mass is 9.99. The SMILES string of the molecule is N#C/C(=C\c1ccco1)C(=O)Cc1csc(-c2ccc(Cl)cc2)c1C(=O)O. The van der Waals surface area contributed by atoms with E-state index in [0.29, 0.717) is 26.8 Å². The minimum atomic E-state index is -1.13. The van der Waals surface area contributed by atoms with E-state index in [1.165, 1.54) is 23.7 Å². The quantitative estimate of drug-likeness (QED) is 0.462. The first kappa shape index (κ1) is 18.6. The third-order valence-corrected chi connectivity index (χ3v) is 5.12. The number of hydrogen-bond donors (Lipinski definition) is 1. The number of aromatic carboxylic acids is 1. The van der Waals surface area contributed by atoms with Crippen LogP contribution in [0.25, 0.3) is 16.5 Å². The van der Waals surface area contributed by atoms with Crippen molar-refractivity contribution in [3.8, 4) is 16.5 Å². The molecule has 3 rings (SSSR count). The Morgan fingerprint density at radius 3 is 2.59 bits per heavy atom. The second kappa shape index (κ2) is 8.04. The number of rotatable bonds is 6. The molecule has 0 amide bonds. The molecule has 0 unspecified atom stereocenters. The number of benzene rings is 1. The van der Waals surface area contributed by atoms with Crippen LogP contribution < -0.4 is 0 Å². The maximum absolute atomic E-state index is 12.5. The van der Waals surface area contributed by atoms with Crippen LogP contribution in [0.15, 0.2) is 58.0 Å². The van der Waals surface area contributed by atoms with E-state index in [9.17, 15) is 20.0 Å². The standard InChI is InChI=1S/C20H12ClNO4S/c21-15-5-3-12(4-6-15)19-18(20(24)25)14(11-27-19)9-17(23)13(10-22)8-16-2-1-7-26-16/h1-8,11H,9H2,(H,24,25)/b13-8+. The van der Waals surface area contributed by atoms with Gasteiger partial charge in [-0.1, -0.05) is 23.7 Å². The number of carbonyl (C=O) groups excluding carboxylic acids is 1. The summed E-state index contributed by atoms with van der Waals surface area (Å²) in [7, 11) is 0. The highest BCUT2D eigenvalue weighted by Gasteiger charge is 2.22. The molecule has 5 nitrogen and oxygen atoms in total. The van der Waals surface area contributed by atoms with E-state index in [1.54, 1.807) is 41.8 Å². The molecular weight excluding hydrogens is 386 g/mol. The Morgan fingerprint density at radius 1 is 1.26 bits per heavy atom. The van der Waals surface area contributed by atoms with E-state index in [4.69, 9.17) is 16.0 Å². The Morgan fingerprint density at radius 2 is 2.00 bits per heavy atom. The van der Waals surface area contributed by atoms with Gasteiger partial charge in [-0.25, -0.2) is 4.79 Å². The molecule has 2 aromatic heterocycles. The molecule has 0 bridgehead atoms. The van der Waals surface area contributed by atoms with Crippen LogP contribution in [0.4, 0.5) is 0 Å². The third-order valence-electron chi connectivity index (χ3n) is 3.79. The summed E-state index contributed by atoms with van der Waals surface area (Å²) in [6.07, 6.45) is 2.59. The van der Waals surface area contributed by atoms with Gasteiger partial charge in [-0.05, 0) is 40.8 Å². The Hall–Kier alpha value is -3.14. The number of halogens is 1. The Labute approximate surface area is 163 Å². The number of nitriles is 1. The second-order valence-electron chi connectivity index (χ2n) is 5.56. The summed E-state index contributed by atoms with van der Waals surface area (Å²) in [5.41, 5.74) is 1.03. The molecule has 2 heterocycles. The lowest BCUT2D eigenvalue weighted by Gasteiger charge is -2.04. The molecule has 1 N–H and O–H groups in total. The number of nitrogens with zero attached hydrogens (tertiary/aromatic N) is 1. The van der Waals surface area contributed by atoms with Crippen molar-refractivity contribution in [2.75, 3.05) is 0 Å². The van der Waals surface area contributed by atoms with Crippen molar-refractivity contribution >= 4 is 40.8 Å². The van der Waals surface area contributed by atoms with E-state index in [-0.39, 0.29) is 17.6 Å². The normalized spacial score (nSPS) is 11.2. The van der Waals surface area contributed by atoms with E-state index in [0.717, 1.165) is 0 Å². The van der Waals surface area contributed by atoms with Gasteiger partial charge < -0.3 is 9.52 Å². The van der Waals surface area contributed by atoms with Crippen LogP contribution in [0.2, 0.25) is 5.02 Å². The molecule has 3 aromatic rings. The highest BCUT2D eigenvalue weighted by atomic mass is 35.5. The Kier molecular flexibility index (Phi) is 5.55. The van der Waals surface area contributed by atoms with Crippen LogP contribution in [-0.4, -0.2) is 16.9 Å². The molecule has 27 heavy (non-hydrogen) atoms. The van der Waals surface area contributed by atoms with E-state index < -0.39 is 11.8 Å². The van der Waals surface area contributed by atoms with Crippen LogP contribution in [0.5, 0.6) is 0 Å². The fourth-order valence-corrected chi connectivity index (χ4v) is 3.73. The van der Waals surface area contributed by atoms with Crippen molar-refractivity contribution in [3.63, 3.8) is 0 Å². The predicted molar refractivity (Wildman–Crippen MR) is 103 cm³/mol. The maximum atomic E-state index is 12.5. The summed E-state index contributed by atoms with van der Waals surface area (Å²) in [5.74, 6) is -1.22. The molecule has 7 heteroatoms. The molecule has 0 radical (unpaired) electrons. The number of ketones is 1. The lowest BCUT2D eigenvalue weighted by molar-refractivity contribution is -0.114. The summed E-state index contributed by atoms with van der Waals surface area (Å²) in [6.45, 7) is 0. The van der Waals surface area contributed by atoms with Crippen molar-refractivity contribution in [3.05, 3.63) is 75.5 Å². The molecule has 0 aliphatic heterocycles. The first-order chi connectivity index (χ1) is 13.0. The van der Waals surface area contributed by atoms with Crippen LogP contribution in [-0.2, 0) is 11.2 Å². The van der Waals surface area contributed by atoms with Crippen LogP contribution >= 0.6 is 22.9 Å². The van der Waals surface area contributed by atoms with Crippen LogP contribution in [0.1, 0.15) is 21.7 Å². The summed E-state index contributed by atoms with van der Waals surface area (Å²) in [6, 6.07) is 11.9. The first-order valence-corrected chi connectivity index (χ1v) is 9.03. The minimum absolute atomic E-state index is 0.0611. The highest BCUT2D eigenvalue weighted by Crippen LogP contribution is 2.34. The smallest absolute Gasteiger partial charge is 0.337 e. The number of carboxylic acids is 1. The number of Topliss-reactive ketones (excluding diaryl/α,β-unsaturated/α-hetero) is 1. The average molecular weight is 398 g/mol. The lowest BCUT2D eigenvalue weighted by Crippen LogP contribution is -2.09. The van der Waals surface area contributed by atoms with Gasteiger partial charge in [-0.3, -0.25) is 4.79 Å².